The molecule has 0 aromatic heterocycles. The third-order valence-corrected chi connectivity index (χ3v) is 3.89. The normalized spacial score (nSPS) is 23.6. The highest BCUT2D eigenvalue weighted by Crippen LogP contribution is 2.42. The molecular weight excluding hydrogens is 259 g/mol. The van der Waals surface area contributed by atoms with E-state index in [1.54, 1.807) is 0 Å². The van der Waals surface area contributed by atoms with Gasteiger partial charge in [-0.2, -0.15) is 18.4 Å². The Kier molecular flexibility index (Phi) is 3.72. The molecule has 106 valence electrons. The first kappa shape index (κ1) is 14.1. The summed E-state index contributed by atoms with van der Waals surface area (Å²) in [5.41, 5.74) is -0.897. The van der Waals surface area contributed by atoms with Gasteiger partial charge in [-0.25, -0.2) is 0 Å². The lowest BCUT2D eigenvalue weighted by molar-refractivity contribution is -0.155. The van der Waals surface area contributed by atoms with Gasteiger partial charge in [0.25, 0.3) is 0 Å². The molecule has 19 heavy (non-hydrogen) atoms. The van der Waals surface area contributed by atoms with Crippen molar-refractivity contribution >= 4 is 5.91 Å². The van der Waals surface area contributed by atoms with Gasteiger partial charge >= 0.3 is 6.18 Å². The lowest BCUT2D eigenvalue weighted by Crippen LogP contribution is -2.55. The van der Waals surface area contributed by atoms with Crippen LogP contribution in [0, 0.1) is 16.7 Å². The van der Waals surface area contributed by atoms with Gasteiger partial charge in [0.15, 0.2) is 0 Å². The summed E-state index contributed by atoms with van der Waals surface area (Å²) in [5.74, 6) is -0.201. The predicted molar refractivity (Wildman–Crippen MR) is 61.0 cm³/mol. The number of piperazine rings is 1. The molecule has 1 aliphatic heterocycles. The highest BCUT2D eigenvalue weighted by Gasteiger charge is 2.47. The fourth-order valence-electron chi connectivity index (χ4n) is 2.57. The minimum atomic E-state index is -4.20. The molecule has 0 N–H and O–H groups in total. The number of alkyl halides is 3. The number of amides is 1. The van der Waals surface area contributed by atoms with Gasteiger partial charge in [-0.1, -0.05) is 0 Å². The van der Waals surface area contributed by atoms with Crippen LogP contribution in [-0.4, -0.2) is 54.6 Å². The molecule has 0 radical (unpaired) electrons. The van der Waals surface area contributed by atoms with Gasteiger partial charge in [0.1, 0.15) is 5.41 Å². The third kappa shape index (κ3) is 3.00. The number of nitriles is 1. The molecule has 0 spiro atoms. The predicted octanol–water partition coefficient (Wildman–Crippen LogP) is 1.39. The van der Waals surface area contributed by atoms with Gasteiger partial charge in [0.2, 0.25) is 5.91 Å². The Morgan fingerprint density at radius 1 is 1.21 bits per heavy atom. The van der Waals surface area contributed by atoms with Crippen molar-refractivity contribution in [3.05, 3.63) is 0 Å². The van der Waals surface area contributed by atoms with Crippen LogP contribution < -0.4 is 0 Å². The Bertz CT molecular complexity index is 390. The second kappa shape index (κ2) is 5.00. The van der Waals surface area contributed by atoms with E-state index in [1.807, 2.05) is 0 Å². The summed E-state index contributed by atoms with van der Waals surface area (Å²) in [6, 6.07) is 2.08. The molecule has 1 saturated carbocycles. The van der Waals surface area contributed by atoms with E-state index >= 15 is 0 Å². The van der Waals surface area contributed by atoms with Crippen LogP contribution in [0.3, 0.4) is 0 Å². The summed E-state index contributed by atoms with van der Waals surface area (Å²) in [6.45, 7) is 0.0502. The number of carbonyl (C=O) groups excluding carboxylic acids is 1. The quantitative estimate of drug-likeness (QED) is 0.765. The largest absolute Gasteiger partial charge is 0.401 e. The molecular formula is C12H16F3N3O. The molecule has 0 atom stereocenters. The lowest BCUT2D eigenvalue weighted by atomic mass is 9.69. The molecule has 7 heteroatoms. The maximum Gasteiger partial charge on any atom is 0.401 e. The van der Waals surface area contributed by atoms with Crippen LogP contribution in [0.2, 0.25) is 0 Å². The zero-order valence-corrected chi connectivity index (χ0v) is 10.5. The molecule has 0 aromatic rings. The molecule has 0 bridgehead atoms. The first-order valence-corrected chi connectivity index (χ1v) is 6.36. The van der Waals surface area contributed by atoms with Crippen LogP contribution in [0.25, 0.3) is 0 Å². The maximum absolute atomic E-state index is 12.2. The molecule has 1 amide bonds. The fraction of sp³-hybridized carbons (Fsp3) is 0.833. The molecule has 2 rings (SSSR count). The summed E-state index contributed by atoms with van der Waals surface area (Å²) in [5, 5.41) is 9.09. The van der Waals surface area contributed by atoms with E-state index in [2.05, 4.69) is 6.07 Å². The zero-order chi connectivity index (χ0) is 14.1. The maximum atomic E-state index is 12.2. The average molecular weight is 275 g/mol. The van der Waals surface area contributed by atoms with Crippen LogP contribution in [0.15, 0.2) is 0 Å². The molecule has 0 unspecified atom stereocenters. The van der Waals surface area contributed by atoms with Crippen LogP contribution in [0.4, 0.5) is 13.2 Å². The van der Waals surface area contributed by atoms with Crippen molar-refractivity contribution in [2.24, 2.45) is 5.41 Å². The Hall–Kier alpha value is -1.29. The van der Waals surface area contributed by atoms with Crippen LogP contribution in [0.1, 0.15) is 19.3 Å². The summed E-state index contributed by atoms with van der Waals surface area (Å²) in [6.07, 6.45) is -2.18. The van der Waals surface area contributed by atoms with E-state index in [4.69, 9.17) is 5.26 Å². The minimum absolute atomic E-state index is 0.201. The molecule has 2 aliphatic rings. The second-order valence-corrected chi connectivity index (χ2v) is 5.23. The van der Waals surface area contributed by atoms with Gasteiger partial charge in [0.05, 0.1) is 12.6 Å². The van der Waals surface area contributed by atoms with Crippen molar-refractivity contribution in [1.29, 1.82) is 5.26 Å². The van der Waals surface area contributed by atoms with Crippen molar-refractivity contribution in [2.45, 2.75) is 25.4 Å². The fourth-order valence-corrected chi connectivity index (χ4v) is 2.57. The van der Waals surface area contributed by atoms with Gasteiger partial charge in [-0.15, -0.1) is 0 Å². The molecule has 1 heterocycles. The Balaban J connectivity index is 1.87. The van der Waals surface area contributed by atoms with Gasteiger partial charge in [-0.3, -0.25) is 9.69 Å². The highest BCUT2D eigenvalue weighted by molar-refractivity contribution is 5.86. The van der Waals surface area contributed by atoms with E-state index in [0.29, 0.717) is 12.8 Å². The average Bonchev–Trinajstić information content (AvgIpc) is 2.27. The number of carbonyl (C=O) groups is 1. The Labute approximate surface area is 109 Å². The highest BCUT2D eigenvalue weighted by atomic mass is 19.4. The van der Waals surface area contributed by atoms with Gasteiger partial charge in [-0.05, 0) is 19.3 Å². The molecule has 2 fully saturated rings. The van der Waals surface area contributed by atoms with Gasteiger partial charge in [0, 0.05) is 26.2 Å². The van der Waals surface area contributed by atoms with E-state index in [9.17, 15) is 18.0 Å². The first-order chi connectivity index (χ1) is 8.86. The smallest absolute Gasteiger partial charge is 0.339 e. The summed E-state index contributed by atoms with van der Waals surface area (Å²) in [4.78, 5) is 15.0. The van der Waals surface area contributed by atoms with Crippen LogP contribution >= 0.6 is 0 Å². The number of rotatable bonds is 2. The van der Waals surface area contributed by atoms with Crippen molar-refractivity contribution in [2.75, 3.05) is 32.7 Å². The lowest BCUT2D eigenvalue weighted by Gasteiger charge is -2.41. The van der Waals surface area contributed by atoms with Crippen LogP contribution in [-0.2, 0) is 4.79 Å². The van der Waals surface area contributed by atoms with E-state index < -0.39 is 18.1 Å². The van der Waals surface area contributed by atoms with Crippen molar-refractivity contribution in [3.63, 3.8) is 0 Å². The first-order valence-electron chi connectivity index (χ1n) is 6.36. The SMILES string of the molecule is N#CC1(C(=O)N2CCN(CC(F)(F)F)CC2)CCC1. The molecule has 1 aliphatic carbocycles. The zero-order valence-electron chi connectivity index (χ0n) is 10.5. The minimum Gasteiger partial charge on any atom is -0.339 e. The number of halogens is 3. The van der Waals surface area contributed by atoms with Crippen LogP contribution in [0.5, 0.6) is 0 Å². The van der Waals surface area contributed by atoms with E-state index in [0.717, 1.165) is 6.42 Å². The molecule has 0 aromatic carbocycles. The van der Waals surface area contributed by atoms with Crippen molar-refractivity contribution in [1.82, 2.24) is 9.80 Å². The monoisotopic (exact) mass is 275 g/mol. The number of hydrogen-bond donors (Lipinski definition) is 0. The Morgan fingerprint density at radius 2 is 1.79 bits per heavy atom. The third-order valence-electron chi connectivity index (χ3n) is 3.89. The van der Waals surface area contributed by atoms with E-state index in [-0.39, 0.29) is 32.1 Å². The molecule has 1 saturated heterocycles. The number of nitrogens with zero attached hydrogens (tertiary/aromatic N) is 3. The standard InChI is InChI=1S/C12H16F3N3O/c13-12(14,15)9-17-4-6-18(7-5-17)10(19)11(8-16)2-1-3-11/h1-7,9H2. The second-order valence-electron chi connectivity index (χ2n) is 5.23. The summed E-state index contributed by atoms with van der Waals surface area (Å²) in [7, 11) is 0. The summed E-state index contributed by atoms with van der Waals surface area (Å²) < 4.78 is 36.7. The molecule has 4 nitrogen and oxygen atoms in total. The van der Waals surface area contributed by atoms with E-state index in [1.165, 1.54) is 9.80 Å². The van der Waals surface area contributed by atoms with Gasteiger partial charge < -0.3 is 4.90 Å². The van der Waals surface area contributed by atoms with Crippen molar-refractivity contribution < 1.29 is 18.0 Å². The van der Waals surface area contributed by atoms with Crippen molar-refractivity contribution in [3.8, 4) is 6.07 Å². The Morgan fingerprint density at radius 3 is 2.16 bits per heavy atom. The number of hydrogen-bond acceptors (Lipinski definition) is 3. The summed E-state index contributed by atoms with van der Waals surface area (Å²) >= 11 is 0. The topological polar surface area (TPSA) is 47.3 Å².